The molecular weight excluding hydrogens is 422 g/mol. The van der Waals surface area contributed by atoms with Crippen LogP contribution >= 0.6 is 0 Å². The Morgan fingerprint density at radius 3 is 2.15 bits per heavy atom. The third-order valence-corrected chi connectivity index (χ3v) is 6.17. The summed E-state index contributed by atoms with van der Waals surface area (Å²) < 4.78 is 11.8. The summed E-state index contributed by atoms with van der Waals surface area (Å²) in [5, 5.41) is 2.19. The Labute approximate surface area is 201 Å². The molecule has 0 aliphatic carbocycles. The summed E-state index contributed by atoms with van der Waals surface area (Å²) in [5.74, 6) is 2.62. The largest absolute Gasteiger partial charge is 0.497 e. The Morgan fingerprint density at radius 1 is 0.794 bits per heavy atom. The van der Waals surface area contributed by atoms with Crippen LogP contribution in [0.5, 0.6) is 17.2 Å². The summed E-state index contributed by atoms with van der Waals surface area (Å²) in [7, 11) is 1.67. The van der Waals surface area contributed by atoms with Crippen LogP contribution in [0.25, 0.3) is 21.9 Å². The van der Waals surface area contributed by atoms with E-state index >= 15 is 0 Å². The average Bonchev–Trinajstić information content (AvgIpc) is 2.89. The topological polar surface area (TPSA) is 38.8 Å². The van der Waals surface area contributed by atoms with Gasteiger partial charge in [0, 0.05) is 30.5 Å². The van der Waals surface area contributed by atoms with E-state index in [0.717, 1.165) is 64.2 Å². The maximum atomic E-state index is 12.3. The predicted molar refractivity (Wildman–Crippen MR) is 139 cm³/mol. The minimum absolute atomic E-state index is 0.199. The van der Waals surface area contributed by atoms with Gasteiger partial charge in [0.15, 0.2) is 0 Å². The Kier molecular flexibility index (Phi) is 7.48. The molecule has 0 atom stereocenters. The van der Waals surface area contributed by atoms with Crippen LogP contribution in [0.15, 0.2) is 84.9 Å². The van der Waals surface area contributed by atoms with E-state index in [1.54, 1.807) is 7.11 Å². The predicted octanol–water partition coefficient (Wildman–Crippen LogP) is 7.11. The maximum Gasteiger partial charge on any atom is 0.222 e. The molecule has 0 heterocycles. The summed E-state index contributed by atoms with van der Waals surface area (Å²) in [5.41, 5.74) is 3.21. The molecule has 1 amide bonds. The van der Waals surface area contributed by atoms with Crippen LogP contribution in [0.1, 0.15) is 25.8 Å². The molecule has 34 heavy (non-hydrogen) atoms. The van der Waals surface area contributed by atoms with Crippen molar-refractivity contribution in [1.29, 1.82) is 0 Å². The van der Waals surface area contributed by atoms with Gasteiger partial charge in [-0.3, -0.25) is 4.79 Å². The molecule has 0 saturated heterocycles. The van der Waals surface area contributed by atoms with Gasteiger partial charge < -0.3 is 14.4 Å². The molecule has 174 valence electrons. The number of methoxy groups -OCH3 is 1. The van der Waals surface area contributed by atoms with Crippen molar-refractivity contribution in [1.82, 2.24) is 4.90 Å². The summed E-state index contributed by atoms with van der Waals surface area (Å²) >= 11 is 0. The van der Waals surface area contributed by atoms with Crippen LogP contribution in [-0.4, -0.2) is 31.0 Å². The zero-order valence-electron chi connectivity index (χ0n) is 20.1. The van der Waals surface area contributed by atoms with Gasteiger partial charge in [-0.05, 0) is 67.1 Å². The van der Waals surface area contributed by atoms with Crippen LogP contribution in [0, 0.1) is 0 Å². The summed E-state index contributed by atoms with van der Waals surface area (Å²) in [6, 6.07) is 28.5. The lowest BCUT2D eigenvalue weighted by molar-refractivity contribution is -0.130. The van der Waals surface area contributed by atoms with Crippen LogP contribution in [0.3, 0.4) is 0 Å². The summed E-state index contributed by atoms with van der Waals surface area (Å²) in [6.07, 6.45) is 1.24. The smallest absolute Gasteiger partial charge is 0.222 e. The van der Waals surface area contributed by atoms with Crippen molar-refractivity contribution in [3.8, 4) is 28.4 Å². The molecular formula is C30H31NO3. The van der Waals surface area contributed by atoms with Crippen molar-refractivity contribution in [2.45, 2.75) is 26.7 Å². The number of nitrogens with zero attached hydrogens (tertiary/aromatic N) is 1. The molecule has 4 aromatic rings. The van der Waals surface area contributed by atoms with Gasteiger partial charge in [-0.25, -0.2) is 0 Å². The molecule has 0 spiro atoms. The van der Waals surface area contributed by atoms with E-state index in [0.29, 0.717) is 6.42 Å². The third kappa shape index (κ3) is 5.23. The Morgan fingerprint density at radius 2 is 1.47 bits per heavy atom. The number of aryl methyl sites for hydroxylation is 1. The second-order valence-corrected chi connectivity index (χ2v) is 8.20. The van der Waals surface area contributed by atoms with Crippen molar-refractivity contribution in [2.75, 3.05) is 20.2 Å². The van der Waals surface area contributed by atoms with E-state index in [4.69, 9.17) is 9.47 Å². The molecule has 4 heteroatoms. The van der Waals surface area contributed by atoms with Crippen molar-refractivity contribution < 1.29 is 14.3 Å². The molecule has 4 nitrogen and oxygen atoms in total. The van der Waals surface area contributed by atoms with Crippen LogP contribution in [-0.2, 0) is 11.2 Å². The molecule has 0 saturated carbocycles. The fourth-order valence-electron chi connectivity index (χ4n) is 4.18. The van der Waals surface area contributed by atoms with Gasteiger partial charge in [0.05, 0.1) is 7.11 Å². The zero-order chi connectivity index (χ0) is 23.9. The molecule has 4 rings (SSSR count). The summed E-state index contributed by atoms with van der Waals surface area (Å²) in [6.45, 7) is 5.54. The monoisotopic (exact) mass is 453 g/mol. The van der Waals surface area contributed by atoms with E-state index in [9.17, 15) is 4.79 Å². The number of amides is 1. The average molecular weight is 454 g/mol. The van der Waals surface area contributed by atoms with E-state index in [2.05, 4.69) is 24.3 Å². The Bertz CT molecular complexity index is 1240. The van der Waals surface area contributed by atoms with Gasteiger partial charge >= 0.3 is 0 Å². The molecule has 0 unspecified atom stereocenters. The summed E-state index contributed by atoms with van der Waals surface area (Å²) in [4.78, 5) is 14.2. The number of carbonyl (C=O) groups is 1. The first-order valence-electron chi connectivity index (χ1n) is 11.8. The van der Waals surface area contributed by atoms with Crippen LogP contribution < -0.4 is 9.47 Å². The van der Waals surface area contributed by atoms with Gasteiger partial charge in [0.25, 0.3) is 0 Å². The first kappa shape index (κ1) is 23.4. The lowest BCUT2D eigenvalue weighted by Gasteiger charge is -2.18. The molecule has 0 bridgehead atoms. The van der Waals surface area contributed by atoms with Crippen molar-refractivity contribution in [2.24, 2.45) is 0 Å². The highest BCUT2D eigenvalue weighted by Gasteiger charge is 2.13. The minimum atomic E-state index is 0.199. The van der Waals surface area contributed by atoms with Crippen molar-refractivity contribution >= 4 is 16.7 Å². The normalized spacial score (nSPS) is 10.8. The standard InChI is InChI=1S/C30H31NO3/c1-4-31(5-2)29(32)21-12-22-10-16-26(17-11-22)34-30-27-9-7-6-8-23(27)15-20-28(30)24-13-18-25(33-3)19-14-24/h6-11,13-20H,4-5,12,21H2,1-3H3. The number of hydrogen-bond donors (Lipinski definition) is 0. The number of fused-ring (bicyclic) bond motifs is 1. The highest BCUT2D eigenvalue weighted by molar-refractivity contribution is 5.95. The molecule has 0 aliphatic rings. The first-order valence-corrected chi connectivity index (χ1v) is 11.8. The van der Waals surface area contributed by atoms with Gasteiger partial charge in [-0.2, -0.15) is 0 Å². The highest BCUT2D eigenvalue weighted by atomic mass is 16.5. The number of carbonyl (C=O) groups excluding carboxylic acids is 1. The highest BCUT2D eigenvalue weighted by Crippen LogP contribution is 2.40. The van der Waals surface area contributed by atoms with E-state index < -0.39 is 0 Å². The number of ether oxygens (including phenoxy) is 2. The lowest BCUT2D eigenvalue weighted by atomic mass is 9.99. The van der Waals surface area contributed by atoms with Crippen molar-refractivity contribution in [3.05, 3.63) is 90.5 Å². The van der Waals surface area contributed by atoms with E-state index in [-0.39, 0.29) is 5.91 Å². The molecule has 0 aliphatic heterocycles. The molecule has 0 N–H and O–H groups in total. The third-order valence-electron chi connectivity index (χ3n) is 6.17. The van der Waals surface area contributed by atoms with Crippen LogP contribution in [0.2, 0.25) is 0 Å². The maximum absolute atomic E-state index is 12.3. The van der Waals surface area contributed by atoms with E-state index in [1.165, 1.54) is 0 Å². The number of benzene rings is 4. The van der Waals surface area contributed by atoms with Crippen molar-refractivity contribution in [3.63, 3.8) is 0 Å². The van der Waals surface area contributed by atoms with Gasteiger partial charge in [-0.15, -0.1) is 0 Å². The van der Waals surface area contributed by atoms with E-state index in [1.807, 2.05) is 79.4 Å². The Hall–Kier alpha value is -3.79. The SMILES string of the molecule is CCN(CC)C(=O)CCc1ccc(Oc2c(-c3ccc(OC)cc3)ccc3ccccc23)cc1. The second kappa shape index (κ2) is 10.9. The lowest BCUT2D eigenvalue weighted by Crippen LogP contribution is -2.30. The minimum Gasteiger partial charge on any atom is -0.497 e. The van der Waals surface area contributed by atoms with Gasteiger partial charge in [-0.1, -0.05) is 54.6 Å². The van der Waals surface area contributed by atoms with Gasteiger partial charge in [0.2, 0.25) is 5.91 Å². The molecule has 4 aromatic carbocycles. The molecule has 0 aromatic heterocycles. The molecule has 0 radical (unpaired) electrons. The number of rotatable bonds is 9. The first-order chi connectivity index (χ1) is 16.6. The van der Waals surface area contributed by atoms with Gasteiger partial charge in [0.1, 0.15) is 17.2 Å². The quantitative estimate of drug-likeness (QED) is 0.271. The second-order valence-electron chi connectivity index (χ2n) is 8.20. The number of hydrogen-bond acceptors (Lipinski definition) is 3. The fourth-order valence-corrected chi connectivity index (χ4v) is 4.18. The zero-order valence-corrected chi connectivity index (χ0v) is 20.1. The Balaban J connectivity index is 1.59. The van der Waals surface area contributed by atoms with Crippen LogP contribution in [0.4, 0.5) is 0 Å². The fraction of sp³-hybridized carbons (Fsp3) is 0.233. The molecule has 0 fully saturated rings.